The maximum Gasteiger partial charge on any atom is 0.00390 e. The first kappa shape index (κ1) is 17.5. The molecule has 1 aromatic carbocycles. The molecule has 0 amide bonds. The van der Waals surface area contributed by atoms with E-state index in [1.165, 1.54) is 17.6 Å². The summed E-state index contributed by atoms with van der Waals surface area (Å²) in [6, 6.07) is 11.0. The van der Waals surface area contributed by atoms with Gasteiger partial charge >= 0.3 is 0 Å². The summed E-state index contributed by atoms with van der Waals surface area (Å²) >= 11 is 0. The van der Waals surface area contributed by atoms with Gasteiger partial charge in [-0.3, -0.25) is 0 Å². The fourth-order valence-electron chi connectivity index (χ4n) is 2.51. The van der Waals surface area contributed by atoms with Crippen molar-refractivity contribution in [1.82, 2.24) is 0 Å². The van der Waals surface area contributed by atoms with E-state index in [0.717, 1.165) is 32.1 Å². The van der Waals surface area contributed by atoms with Crippen LogP contribution in [0.3, 0.4) is 0 Å². The third-order valence-corrected chi connectivity index (χ3v) is 3.64. The molecule has 1 nitrogen and oxygen atoms in total. The predicted octanol–water partition coefficient (Wildman–Crippen LogP) is 5.20. The first-order valence-corrected chi connectivity index (χ1v) is 8.00. The molecule has 1 heteroatoms. The molecule has 21 heavy (non-hydrogen) atoms. The number of allylic oxidation sites excluding steroid dienone is 5. The average molecular weight is 283 g/mol. The summed E-state index contributed by atoms with van der Waals surface area (Å²) in [5.41, 5.74) is 8.96. The molecule has 0 saturated carbocycles. The van der Waals surface area contributed by atoms with Crippen LogP contribution >= 0.6 is 0 Å². The van der Waals surface area contributed by atoms with E-state index in [-0.39, 0.29) is 0 Å². The Morgan fingerprint density at radius 1 is 1.19 bits per heavy atom. The van der Waals surface area contributed by atoms with Gasteiger partial charge in [0, 0.05) is 6.04 Å². The highest BCUT2D eigenvalue weighted by molar-refractivity contribution is 5.22. The molecule has 114 valence electrons. The SMILES string of the molecule is C=C/C=C(\C=C/C)CCCC(N)CCCc1ccccc1. The van der Waals surface area contributed by atoms with Crippen LogP contribution < -0.4 is 5.73 Å². The zero-order valence-corrected chi connectivity index (χ0v) is 13.3. The standard InChI is InChI=1S/C20H29N/c1-3-10-18(11-4-2)14-8-16-20(21)17-9-15-19-12-6-5-7-13-19/h3-7,10-13,20H,1,8-9,14-17,21H2,2H3/b11-4-,18-10+. The van der Waals surface area contributed by atoms with Crippen LogP contribution in [-0.2, 0) is 6.42 Å². The second-order valence-corrected chi connectivity index (χ2v) is 5.51. The van der Waals surface area contributed by atoms with Crippen LogP contribution in [-0.4, -0.2) is 6.04 Å². The van der Waals surface area contributed by atoms with Gasteiger partial charge in [0.1, 0.15) is 0 Å². The van der Waals surface area contributed by atoms with E-state index in [4.69, 9.17) is 5.73 Å². The lowest BCUT2D eigenvalue weighted by Gasteiger charge is -2.11. The van der Waals surface area contributed by atoms with Gasteiger partial charge in [0.05, 0.1) is 0 Å². The number of hydrogen-bond donors (Lipinski definition) is 1. The van der Waals surface area contributed by atoms with Crippen molar-refractivity contribution in [2.75, 3.05) is 0 Å². The zero-order valence-electron chi connectivity index (χ0n) is 13.3. The third-order valence-electron chi connectivity index (χ3n) is 3.64. The molecule has 0 aliphatic heterocycles. The molecule has 1 unspecified atom stereocenters. The lowest BCUT2D eigenvalue weighted by atomic mass is 9.99. The molecular weight excluding hydrogens is 254 g/mol. The Kier molecular flexibility index (Phi) is 9.23. The van der Waals surface area contributed by atoms with Crippen molar-refractivity contribution >= 4 is 0 Å². The molecule has 0 radical (unpaired) electrons. The molecule has 2 N–H and O–H groups in total. The fraction of sp³-hybridized carbons (Fsp3) is 0.400. The Balaban J connectivity index is 2.17. The van der Waals surface area contributed by atoms with Gasteiger partial charge in [0.15, 0.2) is 0 Å². The molecule has 0 saturated heterocycles. The van der Waals surface area contributed by atoms with Crippen molar-refractivity contribution in [3.63, 3.8) is 0 Å². The minimum absolute atomic E-state index is 0.323. The van der Waals surface area contributed by atoms with E-state index in [1.54, 1.807) is 0 Å². The average Bonchev–Trinajstić information content (AvgIpc) is 2.49. The lowest BCUT2D eigenvalue weighted by Crippen LogP contribution is -2.19. The lowest BCUT2D eigenvalue weighted by molar-refractivity contribution is 0.527. The van der Waals surface area contributed by atoms with E-state index in [2.05, 4.69) is 55.1 Å². The second-order valence-electron chi connectivity index (χ2n) is 5.51. The molecule has 0 spiro atoms. The van der Waals surface area contributed by atoms with E-state index >= 15 is 0 Å². The largest absolute Gasteiger partial charge is 0.328 e. The van der Waals surface area contributed by atoms with Gasteiger partial charge in [-0.1, -0.05) is 61.2 Å². The van der Waals surface area contributed by atoms with Gasteiger partial charge in [-0.15, -0.1) is 0 Å². The number of nitrogens with two attached hydrogens (primary N) is 1. The summed E-state index contributed by atoms with van der Waals surface area (Å²) in [6.45, 7) is 5.81. The first-order valence-electron chi connectivity index (χ1n) is 8.00. The van der Waals surface area contributed by atoms with E-state index in [1.807, 2.05) is 13.0 Å². The number of benzene rings is 1. The molecule has 0 heterocycles. The highest BCUT2D eigenvalue weighted by Gasteiger charge is 2.03. The van der Waals surface area contributed by atoms with Gasteiger partial charge in [0.2, 0.25) is 0 Å². The first-order chi connectivity index (χ1) is 10.3. The van der Waals surface area contributed by atoms with Crippen molar-refractivity contribution < 1.29 is 0 Å². The molecule has 0 bridgehead atoms. The highest BCUT2D eigenvalue weighted by atomic mass is 14.6. The Labute approximate surface area is 130 Å². The van der Waals surface area contributed by atoms with Crippen LogP contribution in [0, 0.1) is 0 Å². The van der Waals surface area contributed by atoms with Crippen molar-refractivity contribution in [3.8, 4) is 0 Å². The highest BCUT2D eigenvalue weighted by Crippen LogP contribution is 2.13. The number of hydrogen-bond acceptors (Lipinski definition) is 1. The monoisotopic (exact) mass is 283 g/mol. The minimum Gasteiger partial charge on any atom is -0.328 e. The number of aryl methyl sites for hydroxylation is 1. The molecule has 1 aromatic rings. The van der Waals surface area contributed by atoms with Gasteiger partial charge in [-0.2, -0.15) is 0 Å². The summed E-state index contributed by atoms with van der Waals surface area (Å²) in [7, 11) is 0. The van der Waals surface area contributed by atoms with Gasteiger partial charge in [0.25, 0.3) is 0 Å². The van der Waals surface area contributed by atoms with Crippen LogP contribution in [0.2, 0.25) is 0 Å². The predicted molar refractivity (Wildman–Crippen MR) is 94.3 cm³/mol. The Morgan fingerprint density at radius 3 is 2.57 bits per heavy atom. The second kappa shape index (κ2) is 11.1. The normalized spacial score (nSPS) is 13.5. The summed E-state index contributed by atoms with van der Waals surface area (Å²) < 4.78 is 0. The zero-order chi connectivity index (χ0) is 15.3. The fourth-order valence-corrected chi connectivity index (χ4v) is 2.51. The maximum absolute atomic E-state index is 6.21. The Bertz CT molecular complexity index is 442. The van der Waals surface area contributed by atoms with Crippen LogP contribution in [0.1, 0.15) is 44.6 Å². The number of rotatable bonds is 10. The quantitative estimate of drug-likeness (QED) is 0.587. The van der Waals surface area contributed by atoms with Crippen LogP contribution in [0.25, 0.3) is 0 Å². The van der Waals surface area contributed by atoms with Crippen molar-refractivity contribution in [2.24, 2.45) is 5.73 Å². The molecule has 0 fully saturated rings. The molecule has 0 aliphatic carbocycles. The summed E-state index contributed by atoms with van der Waals surface area (Å²) in [5, 5.41) is 0. The summed E-state index contributed by atoms with van der Waals surface area (Å²) in [6.07, 6.45) is 14.9. The van der Waals surface area contributed by atoms with E-state index in [9.17, 15) is 0 Å². The Morgan fingerprint density at radius 2 is 1.90 bits per heavy atom. The van der Waals surface area contributed by atoms with Gasteiger partial charge in [-0.05, 0) is 56.6 Å². The maximum atomic E-state index is 6.21. The molecule has 0 aromatic heterocycles. The molecule has 1 rings (SSSR count). The van der Waals surface area contributed by atoms with Gasteiger partial charge < -0.3 is 5.73 Å². The molecule has 1 atom stereocenters. The summed E-state index contributed by atoms with van der Waals surface area (Å²) in [4.78, 5) is 0. The molecule has 0 aliphatic rings. The van der Waals surface area contributed by atoms with Crippen molar-refractivity contribution in [2.45, 2.75) is 51.5 Å². The van der Waals surface area contributed by atoms with Crippen LogP contribution in [0.4, 0.5) is 0 Å². The summed E-state index contributed by atoms with van der Waals surface area (Å²) in [5.74, 6) is 0. The van der Waals surface area contributed by atoms with Crippen LogP contribution in [0.5, 0.6) is 0 Å². The van der Waals surface area contributed by atoms with E-state index in [0.29, 0.717) is 6.04 Å². The van der Waals surface area contributed by atoms with Gasteiger partial charge in [-0.25, -0.2) is 0 Å². The molecular formula is C20H29N. The van der Waals surface area contributed by atoms with Crippen molar-refractivity contribution in [1.29, 1.82) is 0 Å². The van der Waals surface area contributed by atoms with Crippen molar-refractivity contribution in [3.05, 3.63) is 72.4 Å². The smallest absolute Gasteiger partial charge is 0.00390 e. The minimum atomic E-state index is 0.323. The Hall–Kier alpha value is -1.60. The topological polar surface area (TPSA) is 26.0 Å². The van der Waals surface area contributed by atoms with Crippen LogP contribution in [0.15, 0.2) is 66.8 Å². The van der Waals surface area contributed by atoms with E-state index < -0.39 is 0 Å². The third kappa shape index (κ3) is 8.31.